The van der Waals surface area contributed by atoms with Gasteiger partial charge in [-0.1, -0.05) is 0 Å². The molecule has 14 heavy (non-hydrogen) atoms. The second kappa shape index (κ2) is 4.75. The smallest absolute Gasteiger partial charge is 0.323 e. The molecule has 1 atom stereocenters. The molecule has 4 nitrogen and oxygen atoms in total. The molecule has 2 fully saturated rings. The Bertz CT molecular complexity index is 196. The summed E-state index contributed by atoms with van der Waals surface area (Å²) in [5.41, 5.74) is 0. The van der Waals surface area contributed by atoms with E-state index in [2.05, 4.69) is 10.6 Å². The second-order valence-corrected chi connectivity index (χ2v) is 4.04. The summed E-state index contributed by atoms with van der Waals surface area (Å²) in [6.07, 6.45) is 4.08. The van der Waals surface area contributed by atoms with E-state index in [0.717, 1.165) is 45.3 Å². The van der Waals surface area contributed by atoms with Gasteiger partial charge in [-0.3, -0.25) is 4.79 Å². The van der Waals surface area contributed by atoms with E-state index in [4.69, 9.17) is 4.74 Å². The molecule has 2 N–H and O–H groups in total. The van der Waals surface area contributed by atoms with Crippen LogP contribution in [0.1, 0.15) is 25.7 Å². The number of esters is 1. The standard InChI is InChI=1S/C10H18N2O2/c13-10(9-2-1-5-12-9)14-8-3-6-11-7-4-8/h8-9,11-12H,1-7H2/t9-/m0/s1. The summed E-state index contributed by atoms with van der Waals surface area (Å²) in [5, 5.41) is 6.41. The third-order valence-electron chi connectivity index (χ3n) is 2.91. The van der Waals surface area contributed by atoms with Crippen LogP contribution in [-0.4, -0.2) is 37.7 Å². The molecule has 4 heteroatoms. The molecule has 2 rings (SSSR count). The summed E-state index contributed by atoms with van der Waals surface area (Å²) in [6.45, 7) is 2.89. The fraction of sp³-hybridized carbons (Fsp3) is 0.900. The van der Waals surface area contributed by atoms with Crippen LogP contribution in [0.2, 0.25) is 0 Å². The number of carbonyl (C=O) groups is 1. The van der Waals surface area contributed by atoms with Crippen molar-refractivity contribution in [3.05, 3.63) is 0 Å². The van der Waals surface area contributed by atoms with Gasteiger partial charge in [0.25, 0.3) is 0 Å². The molecule has 0 aromatic heterocycles. The van der Waals surface area contributed by atoms with E-state index < -0.39 is 0 Å². The number of rotatable bonds is 2. The van der Waals surface area contributed by atoms with Crippen molar-refractivity contribution in [1.82, 2.24) is 10.6 Å². The van der Waals surface area contributed by atoms with Crippen LogP contribution < -0.4 is 10.6 Å². The molecule has 2 heterocycles. The van der Waals surface area contributed by atoms with Gasteiger partial charge >= 0.3 is 5.97 Å². The Kier molecular flexibility index (Phi) is 3.37. The first-order valence-corrected chi connectivity index (χ1v) is 5.51. The van der Waals surface area contributed by atoms with Crippen molar-refractivity contribution in [3.63, 3.8) is 0 Å². The molecule has 0 bridgehead atoms. The van der Waals surface area contributed by atoms with Crippen LogP contribution in [0, 0.1) is 0 Å². The van der Waals surface area contributed by atoms with Crippen molar-refractivity contribution in [2.75, 3.05) is 19.6 Å². The summed E-state index contributed by atoms with van der Waals surface area (Å²) in [4.78, 5) is 11.6. The highest BCUT2D eigenvalue weighted by Crippen LogP contribution is 2.12. The molecule has 2 saturated heterocycles. The van der Waals surface area contributed by atoms with E-state index in [9.17, 15) is 4.79 Å². The molecule has 2 aliphatic rings. The molecule has 2 aliphatic heterocycles. The van der Waals surface area contributed by atoms with Crippen molar-refractivity contribution in [2.24, 2.45) is 0 Å². The van der Waals surface area contributed by atoms with E-state index in [-0.39, 0.29) is 18.1 Å². The Labute approximate surface area is 84.4 Å². The molecule has 0 aliphatic carbocycles. The van der Waals surface area contributed by atoms with E-state index >= 15 is 0 Å². The minimum Gasteiger partial charge on any atom is -0.461 e. The van der Waals surface area contributed by atoms with Gasteiger partial charge in [0.1, 0.15) is 12.1 Å². The van der Waals surface area contributed by atoms with Gasteiger partial charge in [-0.05, 0) is 45.3 Å². The average molecular weight is 198 g/mol. The Balaban J connectivity index is 1.75. The summed E-state index contributed by atoms with van der Waals surface area (Å²) in [6, 6.07) is -0.0371. The molecule has 80 valence electrons. The Hall–Kier alpha value is -0.610. The van der Waals surface area contributed by atoms with Crippen LogP contribution in [0.4, 0.5) is 0 Å². The maximum atomic E-state index is 11.6. The monoisotopic (exact) mass is 198 g/mol. The van der Waals surface area contributed by atoms with Crippen LogP contribution in [0.25, 0.3) is 0 Å². The first-order valence-electron chi connectivity index (χ1n) is 5.51. The number of piperidine rings is 1. The zero-order valence-corrected chi connectivity index (χ0v) is 8.42. The quantitative estimate of drug-likeness (QED) is 0.615. The first-order chi connectivity index (χ1) is 6.86. The minimum atomic E-state index is -0.0469. The summed E-state index contributed by atoms with van der Waals surface area (Å²) in [7, 11) is 0. The van der Waals surface area contributed by atoms with Crippen molar-refractivity contribution in [1.29, 1.82) is 0 Å². The topological polar surface area (TPSA) is 50.4 Å². The first kappa shape index (κ1) is 9.93. The minimum absolute atomic E-state index is 0.0371. The summed E-state index contributed by atoms with van der Waals surface area (Å²) in [5.74, 6) is -0.0469. The van der Waals surface area contributed by atoms with Crippen molar-refractivity contribution in [2.45, 2.75) is 37.8 Å². The van der Waals surface area contributed by atoms with Crippen molar-refractivity contribution >= 4 is 5.97 Å². The maximum Gasteiger partial charge on any atom is 0.323 e. The second-order valence-electron chi connectivity index (χ2n) is 4.04. The largest absolute Gasteiger partial charge is 0.461 e. The van der Waals surface area contributed by atoms with Gasteiger partial charge in [0, 0.05) is 0 Å². The van der Waals surface area contributed by atoms with Crippen LogP contribution in [0.5, 0.6) is 0 Å². The van der Waals surface area contributed by atoms with Gasteiger partial charge < -0.3 is 15.4 Å². The van der Waals surface area contributed by atoms with Crippen LogP contribution in [0.3, 0.4) is 0 Å². The van der Waals surface area contributed by atoms with E-state index in [1.165, 1.54) is 0 Å². The molecular weight excluding hydrogens is 180 g/mol. The van der Waals surface area contributed by atoms with Crippen molar-refractivity contribution < 1.29 is 9.53 Å². The lowest BCUT2D eigenvalue weighted by Gasteiger charge is -2.24. The molecule has 0 amide bonds. The van der Waals surface area contributed by atoms with E-state index in [0.29, 0.717) is 0 Å². The fourth-order valence-electron chi connectivity index (χ4n) is 2.05. The molecular formula is C10H18N2O2. The van der Waals surface area contributed by atoms with Gasteiger partial charge in [0.2, 0.25) is 0 Å². The van der Waals surface area contributed by atoms with Gasteiger partial charge in [0.05, 0.1) is 0 Å². The number of carbonyl (C=O) groups excluding carboxylic acids is 1. The molecule has 0 unspecified atom stereocenters. The third kappa shape index (κ3) is 2.45. The van der Waals surface area contributed by atoms with Gasteiger partial charge in [-0.25, -0.2) is 0 Å². The Morgan fingerprint density at radius 2 is 1.93 bits per heavy atom. The molecule has 0 spiro atoms. The maximum absolute atomic E-state index is 11.6. The van der Waals surface area contributed by atoms with Gasteiger partial charge in [0.15, 0.2) is 0 Å². The lowest BCUT2D eigenvalue weighted by molar-refractivity contribution is -0.152. The molecule has 0 aromatic carbocycles. The molecule has 0 radical (unpaired) electrons. The van der Waals surface area contributed by atoms with E-state index in [1.54, 1.807) is 0 Å². The summed E-state index contributed by atoms with van der Waals surface area (Å²) >= 11 is 0. The zero-order chi connectivity index (χ0) is 9.80. The van der Waals surface area contributed by atoms with Gasteiger partial charge in [-0.2, -0.15) is 0 Å². The number of hydrogen-bond donors (Lipinski definition) is 2. The molecule has 0 saturated carbocycles. The highest BCUT2D eigenvalue weighted by Gasteiger charge is 2.26. The fourth-order valence-corrected chi connectivity index (χ4v) is 2.05. The molecule has 0 aromatic rings. The lowest BCUT2D eigenvalue weighted by atomic mass is 10.1. The predicted octanol–water partition coefficient (Wildman–Crippen LogP) is 0.0336. The number of nitrogens with one attached hydrogen (secondary N) is 2. The third-order valence-corrected chi connectivity index (χ3v) is 2.91. The SMILES string of the molecule is O=C(OC1CCNCC1)[C@@H]1CCCN1. The van der Waals surface area contributed by atoms with Gasteiger partial charge in [-0.15, -0.1) is 0 Å². The van der Waals surface area contributed by atoms with Crippen LogP contribution in [-0.2, 0) is 9.53 Å². The van der Waals surface area contributed by atoms with E-state index in [1.807, 2.05) is 0 Å². The highest BCUT2D eigenvalue weighted by atomic mass is 16.5. The average Bonchev–Trinajstić information content (AvgIpc) is 2.72. The predicted molar refractivity (Wildman–Crippen MR) is 53.0 cm³/mol. The van der Waals surface area contributed by atoms with Crippen LogP contribution >= 0.6 is 0 Å². The Morgan fingerprint density at radius 3 is 2.57 bits per heavy atom. The van der Waals surface area contributed by atoms with Crippen LogP contribution in [0.15, 0.2) is 0 Å². The Morgan fingerprint density at radius 1 is 1.14 bits per heavy atom. The zero-order valence-electron chi connectivity index (χ0n) is 8.42. The van der Waals surface area contributed by atoms with Crippen molar-refractivity contribution in [3.8, 4) is 0 Å². The summed E-state index contributed by atoms with van der Waals surface area (Å²) < 4.78 is 5.43. The lowest BCUT2D eigenvalue weighted by Crippen LogP contribution is -2.39. The number of ether oxygens (including phenoxy) is 1. The normalized spacial score (nSPS) is 29.0. The number of hydrogen-bond acceptors (Lipinski definition) is 4. The highest BCUT2D eigenvalue weighted by molar-refractivity contribution is 5.76.